The summed E-state index contributed by atoms with van der Waals surface area (Å²) >= 11 is 0. The molecule has 5 aromatic rings. The number of methoxy groups -OCH3 is 1. The van der Waals surface area contributed by atoms with E-state index in [1.54, 1.807) is 11.9 Å². The maximum absolute atomic E-state index is 12.9. The van der Waals surface area contributed by atoms with E-state index in [1.807, 2.05) is 85.8 Å². The summed E-state index contributed by atoms with van der Waals surface area (Å²) in [6, 6.07) is 25.0. The van der Waals surface area contributed by atoms with Crippen molar-refractivity contribution in [3.05, 3.63) is 90.0 Å². The number of hydrogen-bond acceptors (Lipinski definition) is 4. The summed E-state index contributed by atoms with van der Waals surface area (Å²) in [6.07, 6.45) is 0. The Kier molecular flexibility index (Phi) is 4.59. The van der Waals surface area contributed by atoms with Gasteiger partial charge in [-0.1, -0.05) is 30.3 Å². The zero-order chi connectivity index (χ0) is 21.4. The fourth-order valence-electron chi connectivity index (χ4n) is 3.56. The number of benzene rings is 4. The average Bonchev–Trinajstić information content (AvgIpc) is 3.21. The van der Waals surface area contributed by atoms with Crippen LogP contribution in [-0.2, 0) is 0 Å². The summed E-state index contributed by atoms with van der Waals surface area (Å²) in [5, 5.41) is 14.3. The highest BCUT2D eigenvalue weighted by atomic mass is 16.5. The maximum atomic E-state index is 12.9. The second kappa shape index (κ2) is 7.57. The quantitative estimate of drug-likeness (QED) is 0.447. The number of aromatic nitrogens is 3. The van der Waals surface area contributed by atoms with Gasteiger partial charge in [-0.2, -0.15) is 4.80 Å². The molecule has 1 amide bonds. The van der Waals surface area contributed by atoms with Crippen LogP contribution < -0.4 is 10.1 Å². The molecule has 1 aromatic heterocycles. The topological polar surface area (TPSA) is 69.0 Å². The first-order valence-corrected chi connectivity index (χ1v) is 9.93. The molecule has 0 fully saturated rings. The summed E-state index contributed by atoms with van der Waals surface area (Å²) in [7, 11) is 1.63. The van der Waals surface area contributed by atoms with Crippen molar-refractivity contribution < 1.29 is 9.53 Å². The monoisotopic (exact) mass is 408 g/mol. The van der Waals surface area contributed by atoms with Crippen LogP contribution in [0.25, 0.3) is 27.5 Å². The van der Waals surface area contributed by atoms with Gasteiger partial charge in [0.05, 0.1) is 12.8 Å². The van der Waals surface area contributed by atoms with Gasteiger partial charge in [-0.25, -0.2) is 0 Å². The molecule has 0 unspecified atom stereocenters. The third-order valence-electron chi connectivity index (χ3n) is 5.29. The predicted octanol–water partition coefficient (Wildman–Crippen LogP) is 5.14. The lowest BCUT2D eigenvalue weighted by molar-refractivity contribution is 0.102. The van der Waals surface area contributed by atoms with Crippen molar-refractivity contribution in [3.8, 4) is 11.4 Å². The Morgan fingerprint density at radius 3 is 2.32 bits per heavy atom. The standard InChI is InChI=1S/C25H20N4O2/c1-16-13-23-24(28-29(27-23)20-9-11-21(31-2)12-10-20)15-22(16)26-25(30)19-8-7-17-5-3-4-6-18(17)14-19/h3-15H,1-2H3,(H,26,30). The molecule has 6 nitrogen and oxygen atoms in total. The summed E-state index contributed by atoms with van der Waals surface area (Å²) in [6.45, 7) is 1.95. The normalized spacial score (nSPS) is 11.0. The minimum absolute atomic E-state index is 0.157. The van der Waals surface area contributed by atoms with Gasteiger partial charge in [-0.05, 0) is 71.8 Å². The van der Waals surface area contributed by atoms with Crippen molar-refractivity contribution in [1.82, 2.24) is 15.0 Å². The molecule has 0 aliphatic carbocycles. The third kappa shape index (κ3) is 3.59. The van der Waals surface area contributed by atoms with Crippen LogP contribution in [0.3, 0.4) is 0 Å². The lowest BCUT2D eigenvalue weighted by Gasteiger charge is -2.09. The van der Waals surface area contributed by atoms with E-state index in [4.69, 9.17) is 4.74 Å². The Hall–Kier alpha value is -4.19. The number of nitrogens with zero attached hydrogens (tertiary/aromatic N) is 3. The molecular weight excluding hydrogens is 388 g/mol. The fourth-order valence-corrected chi connectivity index (χ4v) is 3.56. The molecule has 0 spiro atoms. The van der Waals surface area contributed by atoms with Crippen LogP contribution in [0, 0.1) is 6.92 Å². The van der Waals surface area contributed by atoms with E-state index in [1.165, 1.54) is 0 Å². The molecule has 1 N–H and O–H groups in total. The van der Waals surface area contributed by atoms with E-state index in [0.29, 0.717) is 16.8 Å². The molecule has 4 aromatic carbocycles. The first-order valence-electron chi connectivity index (χ1n) is 9.93. The number of rotatable bonds is 4. The minimum Gasteiger partial charge on any atom is -0.497 e. The Balaban J connectivity index is 1.44. The summed E-state index contributed by atoms with van der Waals surface area (Å²) in [4.78, 5) is 14.5. The molecule has 0 saturated heterocycles. The Morgan fingerprint density at radius 2 is 1.58 bits per heavy atom. The van der Waals surface area contributed by atoms with Gasteiger partial charge in [0.2, 0.25) is 0 Å². The molecule has 1 heterocycles. The van der Waals surface area contributed by atoms with Crippen LogP contribution in [0.15, 0.2) is 78.9 Å². The van der Waals surface area contributed by atoms with Gasteiger partial charge in [-0.3, -0.25) is 4.79 Å². The highest BCUT2D eigenvalue weighted by molar-refractivity contribution is 6.07. The molecular formula is C25H20N4O2. The van der Waals surface area contributed by atoms with Crippen molar-refractivity contribution >= 4 is 33.4 Å². The largest absolute Gasteiger partial charge is 0.497 e. The van der Waals surface area contributed by atoms with Crippen LogP contribution in [0.1, 0.15) is 15.9 Å². The molecule has 0 radical (unpaired) electrons. The molecule has 0 aliphatic heterocycles. The zero-order valence-corrected chi connectivity index (χ0v) is 17.2. The van der Waals surface area contributed by atoms with Crippen LogP contribution in [0.2, 0.25) is 0 Å². The molecule has 0 atom stereocenters. The number of ether oxygens (including phenoxy) is 1. The van der Waals surface area contributed by atoms with E-state index in [9.17, 15) is 4.79 Å². The maximum Gasteiger partial charge on any atom is 0.255 e. The molecule has 152 valence electrons. The van der Waals surface area contributed by atoms with E-state index < -0.39 is 0 Å². The highest BCUT2D eigenvalue weighted by Gasteiger charge is 2.12. The molecule has 31 heavy (non-hydrogen) atoms. The van der Waals surface area contributed by atoms with Gasteiger partial charge in [0.15, 0.2) is 0 Å². The van der Waals surface area contributed by atoms with Crippen molar-refractivity contribution in [1.29, 1.82) is 0 Å². The number of amides is 1. The molecule has 0 saturated carbocycles. The Bertz CT molecular complexity index is 1420. The molecule has 0 aliphatic rings. The average molecular weight is 408 g/mol. The Labute approximate surface area is 179 Å². The number of fused-ring (bicyclic) bond motifs is 2. The van der Waals surface area contributed by atoms with Gasteiger partial charge in [0.25, 0.3) is 5.91 Å². The van der Waals surface area contributed by atoms with Crippen LogP contribution >= 0.6 is 0 Å². The highest BCUT2D eigenvalue weighted by Crippen LogP contribution is 2.24. The summed E-state index contributed by atoms with van der Waals surface area (Å²) < 4.78 is 5.20. The zero-order valence-electron chi connectivity index (χ0n) is 17.2. The van der Waals surface area contributed by atoms with Gasteiger partial charge in [-0.15, -0.1) is 10.2 Å². The second-order valence-corrected chi connectivity index (χ2v) is 7.36. The summed E-state index contributed by atoms with van der Waals surface area (Å²) in [5.74, 6) is 0.616. The third-order valence-corrected chi connectivity index (χ3v) is 5.29. The van der Waals surface area contributed by atoms with E-state index >= 15 is 0 Å². The fraction of sp³-hybridized carbons (Fsp3) is 0.0800. The second-order valence-electron chi connectivity index (χ2n) is 7.36. The number of carbonyl (C=O) groups excluding carboxylic acids is 1. The molecule has 5 rings (SSSR count). The van der Waals surface area contributed by atoms with Gasteiger partial charge < -0.3 is 10.1 Å². The number of aryl methyl sites for hydroxylation is 1. The lowest BCUT2D eigenvalue weighted by Crippen LogP contribution is -2.12. The van der Waals surface area contributed by atoms with Crippen LogP contribution in [0.5, 0.6) is 5.75 Å². The number of anilines is 1. The molecule has 0 bridgehead atoms. The minimum atomic E-state index is -0.157. The van der Waals surface area contributed by atoms with Crippen LogP contribution in [0.4, 0.5) is 5.69 Å². The van der Waals surface area contributed by atoms with Gasteiger partial charge in [0, 0.05) is 11.3 Å². The Morgan fingerprint density at radius 1 is 0.871 bits per heavy atom. The lowest BCUT2D eigenvalue weighted by atomic mass is 10.1. The van der Waals surface area contributed by atoms with E-state index in [-0.39, 0.29) is 5.91 Å². The van der Waals surface area contributed by atoms with E-state index in [2.05, 4.69) is 15.5 Å². The first-order chi connectivity index (χ1) is 15.1. The first kappa shape index (κ1) is 18.8. The number of hydrogen-bond donors (Lipinski definition) is 1. The molecule has 6 heteroatoms. The summed E-state index contributed by atoms with van der Waals surface area (Å²) in [5.41, 5.74) is 4.54. The van der Waals surface area contributed by atoms with Gasteiger partial charge in [0.1, 0.15) is 16.8 Å². The smallest absolute Gasteiger partial charge is 0.255 e. The van der Waals surface area contributed by atoms with Crippen molar-refractivity contribution in [2.75, 3.05) is 12.4 Å². The number of nitrogens with one attached hydrogen (secondary N) is 1. The van der Waals surface area contributed by atoms with Crippen molar-refractivity contribution in [3.63, 3.8) is 0 Å². The van der Waals surface area contributed by atoms with Crippen LogP contribution in [-0.4, -0.2) is 28.0 Å². The van der Waals surface area contributed by atoms with E-state index in [0.717, 1.165) is 33.3 Å². The van der Waals surface area contributed by atoms with Crippen molar-refractivity contribution in [2.45, 2.75) is 6.92 Å². The number of carbonyl (C=O) groups is 1. The SMILES string of the molecule is COc1ccc(-n2nc3cc(C)c(NC(=O)c4ccc5ccccc5c4)cc3n2)cc1. The van der Waals surface area contributed by atoms with Crippen molar-refractivity contribution in [2.24, 2.45) is 0 Å². The van der Waals surface area contributed by atoms with Gasteiger partial charge >= 0.3 is 0 Å². The predicted molar refractivity (Wildman–Crippen MR) is 122 cm³/mol.